The zero-order valence-corrected chi connectivity index (χ0v) is 18.9. The zero-order valence-electron chi connectivity index (χ0n) is 18.1. The second-order valence-corrected chi connectivity index (χ2v) is 8.75. The fourth-order valence-corrected chi connectivity index (χ4v) is 4.41. The number of halogens is 2. The first-order valence-corrected chi connectivity index (χ1v) is 11.0. The largest absolute Gasteiger partial charge is 0.373 e. The molecule has 0 saturated carbocycles. The van der Waals surface area contributed by atoms with Crippen molar-refractivity contribution in [2.24, 2.45) is 7.05 Å². The van der Waals surface area contributed by atoms with E-state index in [1.165, 1.54) is 6.07 Å². The van der Waals surface area contributed by atoms with Crippen LogP contribution in [-0.2, 0) is 11.8 Å². The minimum atomic E-state index is -0.392. The summed E-state index contributed by atoms with van der Waals surface area (Å²) in [5, 5.41) is 4.62. The van der Waals surface area contributed by atoms with Gasteiger partial charge in [0.25, 0.3) is 0 Å². The number of benzene rings is 1. The summed E-state index contributed by atoms with van der Waals surface area (Å²) in [6.45, 7) is 4.42. The van der Waals surface area contributed by atoms with Gasteiger partial charge in [-0.25, -0.2) is 19.3 Å². The van der Waals surface area contributed by atoms with Gasteiger partial charge in [-0.15, -0.1) is 0 Å². The third-order valence-corrected chi connectivity index (χ3v) is 6.33. The predicted molar refractivity (Wildman–Crippen MR) is 121 cm³/mol. The fraction of sp³-hybridized carbons (Fsp3) is 0.333. The topological polar surface area (TPSA) is 65.7 Å². The highest BCUT2D eigenvalue weighted by Gasteiger charge is 2.28. The quantitative estimate of drug-likeness (QED) is 0.413. The number of aromatic nitrogens is 5. The molecule has 1 saturated heterocycles. The molecule has 3 aromatic heterocycles. The lowest BCUT2D eigenvalue weighted by Gasteiger charge is -2.29. The second kappa shape index (κ2) is 8.22. The first-order chi connectivity index (χ1) is 15.4. The molecule has 1 aromatic carbocycles. The van der Waals surface area contributed by atoms with Gasteiger partial charge in [0, 0.05) is 53.2 Å². The Balaban J connectivity index is 1.62. The van der Waals surface area contributed by atoms with E-state index in [0.29, 0.717) is 33.9 Å². The van der Waals surface area contributed by atoms with Gasteiger partial charge in [-0.3, -0.25) is 4.68 Å². The van der Waals surface area contributed by atoms with E-state index in [2.05, 4.69) is 10.1 Å². The Morgan fingerprint density at radius 2 is 1.91 bits per heavy atom. The average Bonchev–Trinajstić information content (AvgIpc) is 3.21. The minimum Gasteiger partial charge on any atom is -0.373 e. The summed E-state index contributed by atoms with van der Waals surface area (Å²) < 4.78 is 22.7. The predicted octanol–water partition coefficient (Wildman–Crippen LogP) is 5.47. The molecule has 1 aliphatic rings. The van der Waals surface area contributed by atoms with Crippen molar-refractivity contribution in [3.05, 3.63) is 70.1 Å². The van der Waals surface area contributed by atoms with Gasteiger partial charge in [-0.2, -0.15) is 5.10 Å². The summed E-state index contributed by atoms with van der Waals surface area (Å²) in [5.74, 6) is -0.243. The molecule has 8 heteroatoms. The van der Waals surface area contributed by atoms with Gasteiger partial charge < -0.3 is 4.74 Å². The van der Waals surface area contributed by atoms with E-state index in [1.807, 2.05) is 39.4 Å². The van der Waals surface area contributed by atoms with Crippen molar-refractivity contribution in [1.29, 1.82) is 0 Å². The molecule has 0 bridgehead atoms. The molecule has 5 rings (SSSR count). The van der Waals surface area contributed by atoms with Crippen molar-refractivity contribution in [3.8, 4) is 11.1 Å². The summed E-state index contributed by atoms with van der Waals surface area (Å²) >= 11 is 6.00. The molecule has 0 amide bonds. The lowest BCUT2D eigenvalue weighted by Crippen LogP contribution is -2.19. The van der Waals surface area contributed by atoms with Crippen LogP contribution in [-0.4, -0.2) is 31.3 Å². The number of fused-ring (bicyclic) bond motifs is 1. The number of pyridine rings is 1. The van der Waals surface area contributed by atoms with Gasteiger partial charge in [0.15, 0.2) is 5.65 Å². The van der Waals surface area contributed by atoms with E-state index in [1.54, 1.807) is 16.8 Å². The zero-order chi connectivity index (χ0) is 22.4. The Bertz CT molecular complexity index is 1320. The van der Waals surface area contributed by atoms with Crippen LogP contribution in [0.5, 0.6) is 0 Å². The van der Waals surface area contributed by atoms with Crippen molar-refractivity contribution in [1.82, 2.24) is 24.7 Å². The van der Waals surface area contributed by atoms with Crippen LogP contribution >= 0.6 is 11.6 Å². The van der Waals surface area contributed by atoms with Gasteiger partial charge >= 0.3 is 0 Å². The van der Waals surface area contributed by atoms with E-state index >= 15 is 0 Å². The van der Waals surface area contributed by atoms with Crippen LogP contribution in [0.25, 0.3) is 22.3 Å². The monoisotopic (exact) mass is 451 g/mol. The minimum absolute atomic E-state index is 0.0542. The van der Waals surface area contributed by atoms with Crippen LogP contribution < -0.4 is 0 Å². The Labute approximate surface area is 190 Å². The number of ether oxygens (including phenoxy) is 1. The van der Waals surface area contributed by atoms with Crippen LogP contribution in [0.1, 0.15) is 47.5 Å². The fourth-order valence-electron chi connectivity index (χ4n) is 4.25. The van der Waals surface area contributed by atoms with E-state index in [0.717, 1.165) is 35.5 Å². The highest BCUT2D eigenvalue weighted by molar-refractivity contribution is 6.30. The Kier molecular flexibility index (Phi) is 5.39. The normalized spacial score (nSPS) is 18.9. The SMILES string of the molecule is Cc1nc2nc([C@H]3CCO[C@H](c4cnn(C)c4)C3)cc(-c3ccc(Cl)cc3F)c2nc1C. The maximum atomic E-state index is 14.9. The van der Waals surface area contributed by atoms with Crippen LogP contribution in [0.3, 0.4) is 0 Å². The van der Waals surface area contributed by atoms with Gasteiger partial charge in [-0.1, -0.05) is 11.6 Å². The first-order valence-electron chi connectivity index (χ1n) is 10.6. The standard InChI is InChI=1S/C24H23ClFN5O/c1-13-14(2)29-24-23(28-13)19(18-5-4-17(25)9-20(18)26)10-21(30-24)15-6-7-32-22(8-15)16-11-27-31(3)12-16/h4-5,9-12,15,22H,6-8H2,1-3H3/t15-,22-/m0/s1. The van der Waals surface area contributed by atoms with Gasteiger partial charge in [0.2, 0.25) is 0 Å². The van der Waals surface area contributed by atoms with Crippen molar-refractivity contribution < 1.29 is 9.13 Å². The third kappa shape index (κ3) is 3.87. The van der Waals surface area contributed by atoms with E-state index < -0.39 is 5.82 Å². The molecule has 1 aliphatic heterocycles. The molecule has 0 spiro atoms. The maximum Gasteiger partial charge on any atom is 0.179 e. The highest BCUT2D eigenvalue weighted by Crippen LogP contribution is 2.39. The molecular formula is C24H23ClFN5O. The van der Waals surface area contributed by atoms with E-state index in [4.69, 9.17) is 26.3 Å². The number of hydrogen-bond donors (Lipinski definition) is 0. The molecule has 4 aromatic rings. The van der Waals surface area contributed by atoms with Crippen molar-refractivity contribution in [2.45, 2.75) is 38.7 Å². The molecule has 0 radical (unpaired) electrons. The molecule has 0 aliphatic carbocycles. The van der Waals surface area contributed by atoms with Gasteiger partial charge in [0.05, 0.1) is 23.7 Å². The summed E-state index contributed by atoms with van der Waals surface area (Å²) in [7, 11) is 1.89. The summed E-state index contributed by atoms with van der Waals surface area (Å²) in [6, 6.07) is 6.65. The van der Waals surface area contributed by atoms with Gasteiger partial charge in [0.1, 0.15) is 11.3 Å². The summed E-state index contributed by atoms with van der Waals surface area (Å²) in [4.78, 5) is 14.3. The smallest absolute Gasteiger partial charge is 0.179 e. The molecule has 164 valence electrons. The summed E-state index contributed by atoms with van der Waals surface area (Å²) in [6.07, 6.45) is 5.36. The van der Waals surface area contributed by atoms with Crippen molar-refractivity contribution in [3.63, 3.8) is 0 Å². The Morgan fingerprint density at radius 1 is 1.09 bits per heavy atom. The number of aryl methyl sites for hydroxylation is 3. The van der Waals surface area contributed by atoms with Crippen molar-refractivity contribution in [2.75, 3.05) is 6.61 Å². The maximum absolute atomic E-state index is 14.9. The molecule has 0 unspecified atom stereocenters. The molecule has 4 heterocycles. The summed E-state index contributed by atoms with van der Waals surface area (Å²) in [5.41, 5.74) is 5.77. The van der Waals surface area contributed by atoms with Crippen molar-refractivity contribution >= 4 is 22.8 Å². The number of nitrogens with zero attached hydrogens (tertiary/aromatic N) is 5. The first kappa shape index (κ1) is 21.0. The molecular weight excluding hydrogens is 429 g/mol. The average molecular weight is 452 g/mol. The van der Waals surface area contributed by atoms with Gasteiger partial charge in [-0.05, 0) is 51.0 Å². The lowest BCUT2D eigenvalue weighted by atomic mass is 9.88. The molecule has 0 N–H and O–H groups in total. The van der Waals surface area contributed by atoms with Crippen LogP contribution in [0.4, 0.5) is 4.39 Å². The highest BCUT2D eigenvalue weighted by atomic mass is 35.5. The molecule has 2 atom stereocenters. The van der Waals surface area contributed by atoms with E-state index in [-0.39, 0.29) is 12.0 Å². The number of hydrogen-bond acceptors (Lipinski definition) is 5. The third-order valence-electron chi connectivity index (χ3n) is 6.09. The van der Waals surface area contributed by atoms with Crippen LogP contribution in [0, 0.1) is 19.7 Å². The molecule has 6 nitrogen and oxygen atoms in total. The molecule has 1 fully saturated rings. The van der Waals surface area contributed by atoms with Crippen LogP contribution in [0.2, 0.25) is 5.02 Å². The van der Waals surface area contributed by atoms with E-state index in [9.17, 15) is 4.39 Å². The Hall–Kier alpha value is -2.90. The number of rotatable bonds is 3. The second-order valence-electron chi connectivity index (χ2n) is 8.31. The lowest BCUT2D eigenvalue weighted by molar-refractivity contribution is 0.00465. The Morgan fingerprint density at radius 3 is 2.66 bits per heavy atom. The van der Waals surface area contributed by atoms with Crippen LogP contribution in [0.15, 0.2) is 36.7 Å². The molecule has 32 heavy (non-hydrogen) atoms.